The van der Waals surface area contributed by atoms with E-state index in [1.807, 2.05) is 6.07 Å². The number of hydrogen-bond donors (Lipinski definition) is 0. The van der Waals surface area contributed by atoms with Crippen molar-refractivity contribution in [3.05, 3.63) is 16.7 Å². The van der Waals surface area contributed by atoms with E-state index in [2.05, 4.69) is 42.7 Å². The average Bonchev–Trinajstić information content (AvgIpc) is 2.42. The fourth-order valence-electron chi connectivity index (χ4n) is 1.30. The Kier molecular flexibility index (Phi) is 5.09. The Hall–Kier alpha value is -1.21. The number of aromatic nitrogens is 3. The van der Waals surface area contributed by atoms with Gasteiger partial charge in [-0.1, -0.05) is 35.4 Å². The van der Waals surface area contributed by atoms with Crippen LogP contribution < -0.4 is 0 Å². The van der Waals surface area contributed by atoms with Gasteiger partial charge in [0, 0.05) is 10.7 Å². The largest absolute Gasteiger partial charge is 0.235 e. The third-order valence-electron chi connectivity index (χ3n) is 2.01. The summed E-state index contributed by atoms with van der Waals surface area (Å²) in [4.78, 5) is 13.3. The monoisotopic (exact) mass is 349 g/mol. The van der Waals surface area contributed by atoms with Crippen LogP contribution in [0.25, 0.3) is 11.2 Å². The normalized spacial score (nSPS) is 10.1. The molecule has 2 heterocycles. The lowest BCUT2D eigenvalue weighted by Gasteiger charge is -2.06. The molecule has 0 saturated heterocycles. The van der Waals surface area contributed by atoms with E-state index in [9.17, 15) is 0 Å². The Balaban J connectivity index is 2.47. The third-order valence-corrected chi connectivity index (χ3v) is 4.31. The van der Waals surface area contributed by atoms with E-state index in [1.54, 1.807) is 6.20 Å². The Morgan fingerprint density at radius 3 is 2.37 bits per heavy atom. The van der Waals surface area contributed by atoms with Crippen LogP contribution in [-0.4, -0.2) is 26.5 Å². The van der Waals surface area contributed by atoms with Crippen LogP contribution in [0.1, 0.15) is 0 Å². The summed E-state index contributed by atoms with van der Waals surface area (Å²) in [5.41, 5.74) is 1.34. The Bertz CT molecular complexity index is 689. The summed E-state index contributed by atoms with van der Waals surface area (Å²) in [5.74, 6) is 6.24. The smallest absolute Gasteiger partial charge is 0.179 e. The summed E-state index contributed by atoms with van der Waals surface area (Å²) in [6.07, 6.45) is 12.3. The van der Waals surface area contributed by atoms with E-state index in [1.165, 1.54) is 23.5 Å². The fourth-order valence-corrected chi connectivity index (χ4v) is 3.06. The van der Waals surface area contributed by atoms with Crippen molar-refractivity contribution in [3.63, 3.8) is 0 Å². The van der Waals surface area contributed by atoms with E-state index in [0.29, 0.717) is 17.2 Å². The summed E-state index contributed by atoms with van der Waals surface area (Å²) < 4.78 is 0.867. The first-order chi connectivity index (χ1) is 9.24. The number of thioether (sulfide) groups is 2. The Morgan fingerprint density at radius 1 is 1.11 bits per heavy atom. The van der Waals surface area contributed by atoms with Gasteiger partial charge in [0.1, 0.15) is 15.6 Å². The zero-order chi connectivity index (χ0) is 13.7. The lowest BCUT2D eigenvalue weighted by Crippen LogP contribution is -1.95. The van der Waals surface area contributed by atoms with Gasteiger partial charge in [0.25, 0.3) is 0 Å². The number of rotatable bonds is 4. The van der Waals surface area contributed by atoms with Crippen molar-refractivity contribution in [2.24, 2.45) is 0 Å². The minimum atomic E-state index is 0.542. The molecule has 0 atom stereocenters. The van der Waals surface area contributed by atoms with Gasteiger partial charge in [-0.25, -0.2) is 15.0 Å². The second-order valence-electron chi connectivity index (χ2n) is 3.32. The number of fused-ring (bicyclic) bond motifs is 1. The van der Waals surface area contributed by atoms with Gasteiger partial charge in [-0.2, -0.15) is 0 Å². The third kappa shape index (κ3) is 3.63. The highest BCUT2D eigenvalue weighted by molar-refractivity contribution is 9.10. The number of terminal acetylenes is 2. The average molecular weight is 350 g/mol. The van der Waals surface area contributed by atoms with E-state index >= 15 is 0 Å². The molecule has 2 aromatic heterocycles. The van der Waals surface area contributed by atoms with Crippen molar-refractivity contribution in [3.8, 4) is 24.7 Å². The van der Waals surface area contributed by atoms with E-state index in [0.717, 1.165) is 20.0 Å². The van der Waals surface area contributed by atoms with Crippen molar-refractivity contribution in [1.82, 2.24) is 15.0 Å². The molecule has 0 aliphatic rings. The number of halogens is 1. The summed E-state index contributed by atoms with van der Waals surface area (Å²) >= 11 is 6.31. The second-order valence-corrected chi connectivity index (χ2v) is 6.16. The van der Waals surface area contributed by atoms with Crippen molar-refractivity contribution in [2.45, 2.75) is 10.1 Å². The van der Waals surface area contributed by atoms with E-state index in [-0.39, 0.29) is 0 Å². The van der Waals surface area contributed by atoms with Gasteiger partial charge >= 0.3 is 0 Å². The van der Waals surface area contributed by atoms with Crippen molar-refractivity contribution in [1.29, 1.82) is 0 Å². The molecule has 6 heteroatoms. The van der Waals surface area contributed by atoms with E-state index < -0.39 is 0 Å². The van der Waals surface area contributed by atoms with Crippen molar-refractivity contribution < 1.29 is 0 Å². The van der Waals surface area contributed by atoms with Gasteiger partial charge in [-0.3, -0.25) is 0 Å². The molecule has 0 fully saturated rings. The Labute approximate surface area is 128 Å². The first-order valence-corrected chi connectivity index (χ1v) is 7.97. The van der Waals surface area contributed by atoms with Crippen LogP contribution in [0.5, 0.6) is 0 Å². The predicted molar refractivity (Wildman–Crippen MR) is 84.1 cm³/mol. The maximum atomic E-state index is 5.29. The maximum Gasteiger partial charge on any atom is 0.179 e. The van der Waals surface area contributed by atoms with Crippen LogP contribution in [0, 0.1) is 24.7 Å². The molecular formula is C13H8BrN3S2. The highest BCUT2D eigenvalue weighted by atomic mass is 79.9. The summed E-state index contributed by atoms with van der Waals surface area (Å²) in [7, 11) is 0. The highest BCUT2D eigenvalue weighted by Crippen LogP contribution is 2.29. The minimum Gasteiger partial charge on any atom is -0.235 e. The molecular weight excluding hydrogens is 342 g/mol. The van der Waals surface area contributed by atoms with Gasteiger partial charge < -0.3 is 0 Å². The van der Waals surface area contributed by atoms with Crippen LogP contribution in [0.3, 0.4) is 0 Å². The molecule has 0 spiro atoms. The van der Waals surface area contributed by atoms with Gasteiger partial charge in [-0.05, 0) is 22.0 Å². The lowest BCUT2D eigenvalue weighted by molar-refractivity contribution is 0.957. The lowest BCUT2D eigenvalue weighted by atomic mass is 10.4. The molecule has 0 aliphatic carbocycles. The van der Waals surface area contributed by atoms with Crippen LogP contribution >= 0.6 is 39.5 Å². The SMILES string of the molecule is C#CCSc1nc2cc(Br)cnc2nc1SCC#C. The van der Waals surface area contributed by atoms with Gasteiger partial charge in [0.15, 0.2) is 5.65 Å². The molecule has 2 rings (SSSR count). The molecule has 0 unspecified atom stereocenters. The molecule has 0 saturated carbocycles. The predicted octanol–water partition coefficient (Wildman–Crippen LogP) is 3.24. The summed E-state index contributed by atoms with van der Waals surface area (Å²) in [6.45, 7) is 0. The van der Waals surface area contributed by atoms with Gasteiger partial charge in [0.05, 0.1) is 11.5 Å². The number of hydrogen-bond acceptors (Lipinski definition) is 5. The van der Waals surface area contributed by atoms with Gasteiger partial charge in [-0.15, -0.1) is 12.8 Å². The van der Waals surface area contributed by atoms with E-state index in [4.69, 9.17) is 12.8 Å². The molecule has 2 aromatic rings. The number of nitrogens with zero attached hydrogens (tertiary/aromatic N) is 3. The molecule has 0 aliphatic heterocycles. The fraction of sp³-hybridized carbons (Fsp3) is 0.154. The van der Waals surface area contributed by atoms with Crippen LogP contribution in [0.2, 0.25) is 0 Å². The summed E-state index contributed by atoms with van der Waals surface area (Å²) in [6, 6.07) is 1.88. The molecule has 19 heavy (non-hydrogen) atoms. The maximum absolute atomic E-state index is 5.29. The topological polar surface area (TPSA) is 38.7 Å². The standard InChI is InChI=1S/C13H8BrN3S2/c1-3-5-18-12-13(19-6-4-2)17-11-10(16-12)7-9(14)8-15-11/h1-2,7-8H,5-6H2. The highest BCUT2D eigenvalue weighted by Gasteiger charge is 2.10. The zero-order valence-electron chi connectivity index (χ0n) is 9.76. The molecule has 3 nitrogen and oxygen atoms in total. The molecule has 0 radical (unpaired) electrons. The van der Waals surface area contributed by atoms with Crippen molar-refractivity contribution >= 4 is 50.6 Å². The molecule has 0 amide bonds. The van der Waals surface area contributed by atoms with Crippen molar-refractivity contribution in [2.75, 3.05) is 11.5 Å². The van der Waals surface area contributed by atoms with Crippen LogP contribution in [0.4, 0.5) is 0 Å². The number of pyridine rings is 1. The molecule has 94 valence electrons. The summed E-state index contributed by atoms with van der Waals surface area (Å²) in [5, 5.41) is 1.58. The Morgan fingerprint density at radius 2 is 1.74 bits per heavy atom. The minimum absolute atomic E-state index is 0.542. The first kappa shape index (κ1) is 14.2. The van der Waals surface area contributed by atoms with Crippen LogP contribution in [0.15, 0.2) is 26.8 Å². The quantitative estimate of drug-likeness (QED) is 0.625. The van der Waals surface area contributed by atoms with Gasteiger partial charge in [0.2, 0.25) is 0 Å². The zero-order valence-corrected chi connectivity index (χ0v) is 13.0. The molecule has 0 aromatic carbocycles. The van der Waals surface area contributed by atoms with Crippen LogP contribution in [-0.2, 0) is 0 Å². The molecule has 0 N–H and O–H groups in total. The first-order valence-electron chi connectivity index (χ1n) is 5.20. The molecule has 0 bridgehead atoms. The second kappa shape index (κ2) is 6.81.